The summed E-state index contributed by atoms with van der Waals surface area (Å²) in [7, 11) is 1.69. The lowest BCUT2D eigenvalue weighted by molar-refractivity contribution is -0.139. The Labute approximate surface area is 214 Å². The molecule has 1 amide bonds. The lowest BCUT2D eigenvalue weighted by Crippen LogP contribution is -2.44. The van der Waals surface area contributed by atoms with E-state index in [4.69, 9.17) is 19.9 Å². The van der Waals surface area contributed by atoms with Gasteiger partial charge in [-0.2, -0.15) is 0 Å². The Hall–Kier alpha value is -2.45. The van der Waals surface area contributed by atoms with E-state index >= 15 is 0 Å². The zero-order valence-corrected chi connectivity index (χ0v) is 21.5. The van der Waals surface area contributed by atoms with E-state index in [2.05, 4.69) is 6.07 Å². The van der Waals surface area contributed by atoms with Gasteiger partial charge in [-0.3, -0.25) is 4.79 Å². The Bertz CT molecular complexity index is 989. The highest BCUT2D eigenvalue weighted by atomic mass is 16.5. The fraction of sp³-hybridized carbons (Fsp3) is 0.552. The smallest absolute Gasteiger partial charge is 0.225 e. The van der Waals surface area contributed by atoms with Gasteiger partial charge in [0.2, 0.25) is 5.91 Å². The molecule has 2 aromatic carbocycles. The topological polar surface area (TPSA) is 94.2 Å². The highest BCUT2D eigenvalue weighted by Crippen LogP contribution is 2.40. The molecule has 1 saturated heterocycles. The molecule has 7 heteroatoms. The molecular formula is C29H40N2O5. The molecule has 2 fully saturated rings. The van der Waals surface area contributed by atoms with Crippen LogP contribution in [0.3, 0.4) is 0 Å². The molecule has 2 aliphatic rings. The van der Waals surface area contributed by atoms with E-state index in [1.165, 1.54) is 0 Å². The molecule has 2 aromatic rings. The van der Waals surface area contributed by atoms with Gasteiger partial charge < -0.3 is 30.0 Å². The first kappa shape index (κ1) is 26.6. The normalized spacial score (nSPS) is 25.1. The number of nitrogens with zero attached hydrogens (tertiary/aromatic N) is 1. The second-order valence-electron chi connectivity index (χ2n) is 10.1. The Morgan fingerprint density at radius 2 is 1.86 bits per heavy atom. The molecule has 1 unspecified atom stereocenters. The van der Waals surface area contributed by atoms with Gasteiger partial charge >= 0.3 is 0 Å². The van der Waals surface area contributed by atoms with Crippen LogP contribution in [0.2, 0.25) is 0 Å². The zero-order chi connectivity index (χ0) is 25.5. The standard InChI is InChI=1S/C29H40N2O5/c1-20-9-3-5-12-26(20)36-27-13-6-4-11-23(27)28(35-16-8-15-34-2)21-10-7-14-31(19-21)29(33)22-17-24(30)25(32)18-22/h3-6,9,11-13,21-22,24-25,28,32H,7-8,10,14-19,30H2,1-2H3/t21?,22-,24+,25-,28-/m0/s1. The average Bonchev–Trinajstić information content (AvgIpc) is 3.23. The lowest BCUT2D eigenvalue weighted by Gasteiger charge is -2.38. The van der Waals surface area contributed by atoms with Gasteiger partial charge in [-0.1, -0.05) is 36.4 Å². The number of amides is 1. The predicted molar refractivity (Wildman–Crippen MR) is 139 cm³/mol. The van der Waals surface area contributed by atoms with Crippen LogP contribution in [-0.2, 0) is 14.3 Å². The summed E-state index contributed by atoms with van der Waals surface area (Å²) >= 11 is 0. The van der Waals surface area contributed by atoms with Gasteiger partial charge in [-0.15, -0.1) is 0 Å². The minimum atomic E-state index is -0.595. The predicted octanol–water partition coefficient (Wildman–Crippen LogP) is 4.22. The summed E-state index contributed by atoms with van der Waals surface area (Å²) < 4.78 is 18.1. The molecule has 196 valence electrons. The number of aryl methyl sites for hydroxylation is 1. The van der Waals surface area contributed by atoms with Crippen LogP contribution in [0.5, 0.6) is 11.5 Å². The molecule has 1 aliphatic heterocycles. The molecule has 7 nitrogen and oxygen atoms in total. The lowest BCUT2D eigenvalue weighted by atomic mass is 9.87. The van der Waals surface area contributed by atoms with Gasteiger partial charge in [0.15, 0.2) is 0 Å². The van der Waals surface area contributed by atoms with Crippen molar-refractivity contribution in [1.29, 1.82) is 0 Å². The highest BCUT2D eigenvalue weighted by molar-refractivity contribution is 5.79. The van der Waals surface area contributed by atoms with E-state index < -0.39 is 6.10 Å². The summed E-state index contributed by atoms with van der Waals surface area (Å²) in [5, 5.41) is 10.1. The quantitative estimate of drug-likeness (QED) is 0.479. The van der Waals surface area contributed by atoms with Crippen molar-refractivity contribution >= 4 is 5.91 Å². The molecule has 1 heterocycles. The summed E-state index contributed by atoms with van der Waals surface area (Å²) in [5.74, 6) is 1.63. The van der Waals surface area contributed by atoms with E-state index in [1.807, 2.05) is 54.3 Å². The van der Waals surface area contributed by atoms with Crippen molar-refractivity contribution in [2.75, 3.05) is 33.4 Å². The first-order valence-electron chi connectivity index (χ1n) is 13.1. The molecule has 0 radical (unpaired) electrons. The fourth-order valence-electron chi connectivity index (χ4n) is 5.46. The monoisotopic (exact) mass is 496 g/mol. The van der Waals surface area contributed by atoms with Crippen LogP contribution in [0, 0.1) is 18.8 Å². The van der Waals surface area contributed by atoms with Gasteiger partial charge in [-0.25, -0.2) is 0 Å². The van der Waals surface area contributed by atoms with Gasteiger partial charge in [0, 0.05) is 56.9 Å². The maximum absolute atomic E-state index is 13.3. The molecule has 0 spiro atoms. The molecule has 4 rings (SSSR count). The Balaban J connectivity index is 1.55. The van der Waals surface area contributed by atoms with Crippen LogP contribution in [0.4, 0.5) is 0 Å². The minimum absolute atomic E-state index is 0.106. The van der Waals surface area contributed by atoms with Crippen molar-refractivity contribution in [1.82, 2.24) is 4.90 Å². The number of aliphatic hydroxyl groups is 1. The Morgan fingerprint density at radius 3 is 2.58 bits per heavy atom. The summed E-state index contributed by atoms with van der Waals surface area (Å²) in [4.78, 5) is 15.3. The molecule has 36 heavy (non-hydrogen) atoms. The average molecular weight is 497 g/mol. The van der Waals surface area contributed by atoms with Crippen molar-refractivity contribution in [2.24, 2.45) is 17.6 Å². The Morgan fingerprint density at radius 1 is 1.11 bits per heavy atom. The third kappa shape index (κ3) is 6.45. The third-order valence-electron chi connectivity index (χ3n) is 7.45. The van der Waals surface area contributed by atoms with E-state index in [0.717, 1.165) is 48.4 Å². The van der Waals surface area contributed by atoms with E-state index in [-0.39, 0.29) is 29.9 Å². The first-order valence-corrected chi connectivity index (χ1v) is 13.1. The number of benzene rings is 2. The molecule has 0 bridgehead atoms. The van der Waals surface area contributed by atoms with E-state index in [9.17, 15) is 9.90 Å². The SMILES string of the molecule is COCCCO[C@H](c1ccccc1Oc1ccccc1C)C1CCCN(C(=O)[C@H]2C[C@@H](N)[C@@H](O)C2)C1. The number of rotatable bonds is 10. The third-order valence-corrected chi connectivity index (χ3v) is 7.45. The number of carbonyl (C=O) groups excluding carboxylic acids is 1. The van der Waals surface area contributed by atoms with Crippen LogP contribution in [0.15, 0.2) is 48.5 Å². The van der Waals surface area contributed by atoms with Crippen molar-refractivity contribution in [3.63, 3.8) is 0 Å². The zero-order valence-electron chi connectivity index (χ0n) is 21.5. The van der Waals surface area contributed by atoms with Crippen LogP contribution in [0.1, 0.15) is 49.3 Å². The number of hydrogen-bond acceptors (Lipinski definition) is 6. The van der Waals surface area contributed by atoms with Crippen molar-refractivity contribution < 1.29 is 24.1 Å². The van der Waals surface area contributed by atoms with Gasteiger partial charge in [-0.05, 0) is 56.7 Å². The van der Waals surface area contributed by atoms with Crippen LogP contribution in [0.25, 0.3) is 0 Å². The van der Waals surface area contributed by atoms with Crippen LogP contribution < -0.4 is 10.5 Å². The summed E-state index contributed by atoms with van der Waals surface area (Å²) in [6.45, 7) is 4.58. The maximum atomic E-state index is 13.3. The largest absolute Gasteiger partial charge is 0.457 e. The maximum Gasteiger partial charge on any atom is 0.225 e. The molecule has 5 atom stereocenters. The molecular weight excluding hydrogens is 456 g/mol. The molecule has 1 aliphatic carbocycles. The minimum Gasteiger partial charge on any atom is -0.457 e. The number of methoxy groups -OCH3 is 1. The van der Waals surface area contributed by atoms with Crippen molar-refractivity contribution in [2.45, 2.75) is 57.3 Å². The number of likely N-dealkylation sites (tertiary alicyclic amines) is 1. The number of para-hydroxylation sites is 2. The van der Waals surface area contributed by atoms with Crippen LogP contribution in [-0.4, -0.2) is 61.5 Å². The van der Waals surface area contributed by atoms with Gasteiger partial charge in [0.25, 0.3) is 0 Å². The number of hydrogen-bond donors (Lipinski definition) is 2. The number of aliphatic hydroxyl groups excluding tert-OH is 1. The summed E-state index contributed by atoms with van der Waals surface area (Å²) in [5.41, 5.74) is 8.05. The van der Waals surface area contributed by atoms with Crippen molar-refractivity contribution in [3.05, 3.63) is 59.7 Å². The molecule has 1 saturated carbocycles. The highest BCUT2D eigenvalue weighted by Gasteiger charge is 2.39. The molecule has 3 N–H and O–H groups in total. The van der Waals surface area contributed by atoms with E-state index in [0.29, 0.717) is 32.6 Å². The second-order valence-corrected chi connectivity index (χ2v) is 10.1. The fourth-order valence-corrected chi connectivity index (χ4v) is 5.46. The molecule has 0 aromatic heterocycles. The van der Waals surface area contributed by atoms with Gasteiger partial charge in [0.05, 0.1) is 12.2 Å². The number of ether oxygens (including phenoxy) is 3. The number of piperidine rings is 1. The van der Waals surface area contributed by atoms with Crippen LogP contribution >= 0.6 is 0 Å². The van der Waals surface area contributed by atoms with Gasteiger partial charge in [0.1, 0.15) is 11.5 Å². The number of nitrogens with two attached hydrogens (primary N) is 1. The second kappa shape index (κ2) is 12.7. The number of carbonyl (C=O) groups is 1. The summed E-state index contributed by atoms with van der Waals surface area (Å²) in [6.07, 6.45) is 2.86. The summed E-state index contributed by atoms with van der Waals surface area (Å²) in [6, 6.07) is 15.7. The Kier molecular flexibility index (Phi) is 9.37. The first-order chi connectivity index (χ1) is 17.5. The van der Waals surface area contributed by atoms with Crippen molar-refractivity contribution in [3.8, 4) is 11.5 Å². The van der Waals surface area contributed by atoms with E-state index in [1.54, 1.807) is 7.11 Å².